The summed E-state index contributed by atoms with van der Waals surface area (Å²) in [6.07, 6.45) is 4.07. The standard InChI is InChI=1S/C10H22N2O3S/c1-15-9-3-6-12-7-4-10(5-8-12)11-16(2,13)14/h10-11H,3-9H2,1-2H3. The zero-order valence-electron chi connectivity index (χ0n) is 10.1. The lowest BCUT2D eigenvalue weighted by molar-refractivity contribution is 0.156. The fourth-order valence-corrected chi connectivity index (χ4v) is 2.85. The maximum absolute atomic E-state index is 11.1. The Bertz CT molecular complexity index is 284. The molecule has 0 atom stereocenters. The molecule has 5 nitrogen and oxygen atoms in total. The van der Waals surface area contributed by atoms with Crippen molar-refractivity contribution in [3.05, 3.63) is 0 Å². The maximum Gasteiger partial charge on any atom is 0.208 e. The van der Waals surface area contributed by atoms with Crippen LogP contribution in [-0.2, 0) is 14.8 Å². The van der Waals surface area contributed by atoms with E-state index in [1.54, 1.807) is 7.11 Å². The molecule has 0 saturated carbocycles. The van der Waals surface area contributed by atoms with E-state index < -0.39 is 10.0 Å². The second-order valence-corrected chi connectivity index (χ2v) is 6.13. The van der Waals surface area contributed by atoms with E-state index in [4.69, 9.17) is 4.74 Å². The molecule has 1 heterocycles. The van der Waals surface area contributed by atoms with Crippen molar-refractivity contribution in [1.82, 2.24) is 9.62 Å². The van der Waals surface area contributed by atoms with Gasteiger partial charge in [0.05, 0.1) is 6.26 Å². The lowest BCUT2D eigenvalue weighted by atomic mass is 10.1. The SMILES string of the molecule is COCCCN1CCC(NS(C)(=O)=O)CC1. The quantitative estimate of drug-likeness (QED) is 0.676. The van der Waals surface area contributed by atoms with Crippen LogP contribution in [0.4, 0.5) is 0 Å². The van der Waals surface area contributed by atoms with Crippen molar-refractivity contribution in [2.75, 3.05) is 39.6 Å². The number of ether oxygens (including phenoxy) is 1. The van der Waals surface area contributed by atoms with Gasteiger partial charge in [0.15, 0.2) is 0 Å². The highest BCUT2D eigenvalue weighted by atomic mass is 32.2. The summed E-state index contributed by atoms with van der Waals surface area (Å²) in [4.78, 5) is 2.36. The summed E-state index contributed by atoms with van der Waals surface area (Å²) in [6, 6.07) is 0.119. The molecule has 1 N–H and O–H groups in total. The first-order valence-corrected chi connectivity index (χ1v) is 7.59. The van der Waals surface area contributed by atoms with Gasteiger partial charge in [-0.25, -0.2) is 13.1 Å². The molecule has 1 rings (SSSR count). The molecule has 1 aliphatic heterocycles. The molecule has 6 heteroatoms. The predicted molar refractivity (Wildman–Crippen MR) is 63.9 cm³/mol. The Morgan fingerprint density at radius 2 is 2.00 bits per heavy atom. The highest BCUT2D eigenvalue weighted by Gasteiger charge is 2.20. The van der Waals surface area contributed by atoms with E-state index in [0.717, 1.165) is 45.5 Å². The van der Waals surface area contributed by atoms with Gasteiger partial charge in [-0.3, -0.25) is 0 Å². The molecular weight excluding hydrogens is 228 g/mol. The zero-order valence-corrected chi connectivity index (χ0v) is 10.9. The molecule has 96 valence electrons. The molecule has 0 aromatic heterocycles. The summed E-state index contributed by atoms with van der Waals surface area (Å²) in [6.45, 7) is 3.77. The average molecular weight is 250 g/mol. The van der Waals surface area contributed by atoms with E-state index >= 15 is 0 Å². The summed E-state index contributed by atoms with van der Waals surface area (Å²) in [5, 5.41) is 0. The maximum atomic E-state index is 11.1. The van der Waals surface area contributed by atoms with Gasteiger partial charge in [0, 0.05) is 26.3 Å². The van der Waals surface area contributed by atoms with E-state index in [0.29, 0.717) is 0 Å². The number of sulfonamides is 1. The molecule has 0 amide bonds. The summed E-state index contributed by atoms with van der Waals surface area (Å²) < 4.78 is 29.8. The molecule has 0 radical (unpaired) electrons. The Morgan fingerprint density at radius 1 is 1.38 bits per heavy atom. The lowest BCUT2D eigenvalue weighted by Gasteiger charge is -2.31. The van der Waals surface area contributed by atoms with Crippen LogP contribution in [0.3, 0.4) is 0 Å². The lowest BCUT2D eigenvalue weighted by Crippen LogP contribution is -2.44. The molecule has 0 unspecified atom stereocenters. The third-order valence-electron chi connectivity index (χ3n) is 2.79. The number of piperidine rings is 1. The van der Waals surface area contributed by atoms with E-state index in [2.05, 4.69) is 9.62 Å². The Kier molecular flexibility index (Phi) is 5.68. The van der Waals surface area contributed by atoms with Gasteiger partial charge in [-0.1, -0.05) is 0 Å². The fraction of sp³-hybridized carbons (Fsp3) is 1.00. The number of methoxy groups -OCH3 is 1. The molecule has 1 fully saturated rings. The van der Waals surface area contributed by atoms with Crippen LogP contribution in [0.1, 0.15) is 19.3 Å². The Hall–Kier alpha value is -0.170. The van der Waals surface area contributed by atoms with Gasteiger partial charge in [-0.2, -0.15) is 0 Å². The summed E-state index contributed by atoms with van der Waals surface area (Å²) in [5.41, 5.74) is 0. The van der Waals surface area contributed by atoms with E-state index in [9.17, 15) is 8.42 Å². The van der Waals surface area contributed by atoms with Gasteiger partial charge in [0.2, 0.25) is 10.0 Å². The molecule has 1 saturated heterocycles. The van der Waals surface area contributed by atoms with Gasteiger partial charge >= 0.3 is 0 Å². The number of nitrogens with zero attached hydrogens (tertiary/aromatic N) is 1. The molecule has 0 bridgehead atoms. The van der Waals surface area contributed by atoms with E-state index in [1.807, 2.05) is 0 Å². The van der Waals surface area contributed by atoms with Gasteiger partial charge in [-0.15, -0.1) is 0 Å². The topological polar surface area (TPSA) is 58.6 Å². The summed E-state index contributed by atoms with van der Waals surface area (Å²) in [5.74, 6) is 0. The van der Waals surface area contributed by atoms with Crippen molar-refractivity contribution < 1.29 is 13.2 Å². The molecule has 1 aliphatic rings. The van der Waals surface area contributed by atoms with Crippen LogP contribution in [0.25, 0.3) is 0 Å². The first-order valence-electron chi connectivity index (χ1n) is 5.70. The minimum Gasteiger partial charge on any atom is -0.385 e. The third kappa shape index (κ3) is 5.79. The van der Waals surface area contributed by atoms with Crippen molar-refractivity contribution in [2.45, 2.75) is 25.3 Å². The minimum atomic E-state index is -3.05. The molecule has 0 aliphatic carbocycles. The normalized spacial score (nSPS) is 20.1. The fourth-order valence-electron chi connectivity index (χ4n) is 2.01. The Labute approximate surface area is 98.2 Å². The van der Waals surface area contributed by atoms with Crippen molar-refractivity contribution in [1.29, 1.82) is 0 Å². The molecule has 0 aromatic carbocycles. The Morgan fingerprint density at radius 3 is 2.50 bits per heavy atom. The second kappa shape index (κ2) is 6.54. The van der Waals surface area contributed by atoms with Crippen LogP contribution in [0, 0.1) is 0 Å². The molecular formula is C10H22N2O3S. The van der Waals surface area contributed by atoms with Crippen molar-refractivity contribution in [2.24, 2.45) is 0 Å². The van der Waals surface area contributed by atoms with Crippen LogP contribution in [0.15, 0.2) is 0 Å². The number of likely N-dealkylation sites (tertiary alicyclic amines) is 1. The number of hydrogen-bond acceptors (Lipinski definition) is 4. The van der Waals surface area contributed by atoms with Crippen LogP contribution in [-0.4, -0.2) is 59.0 Å². The zero-order chi connectivity index (χ0) is 12.0. The highest BCUT2D eigenvalue weighted by molar-refractivity contribution is 7.88. The van der Waals surface area contributed by atoms with E-state index in [1.165, 1.54) is 6.26 Å². The summed E-state index contributed by atoms with van der Waals surface area (Å²) in [7, 11) is -1.34. The van der Waals surface area contributed by atoms with Gasteiger partial charge in [0.1, 0.15) is 0 Å². The van der Waals surface area contributed by atoms with Crippen LogP contribution in [0.2, 0.25) is 0 Å². The number of nitrogens with one attached hydrogen (secondary N) is 1. The van der Waals surface area contributed by atoms with Gasteiger partial charge in [-0.05, 0) is 32.4 Å². The summed E-state index contributed by atoms with van der Waals surface area (Å²) >= 11 is 0. The smallest absolute Gasteiger partial charge is 0.208 e. The second-order valence-electron chi connectivity index (χ2n) is 4.35. The van der Waals surface area contributed by atoms with Crippen LogP contribution in [0.5, 0.6) is 0 Å². The van der Waals surface area contributed by atoms with Gasteiger partial charge < -0.3 is 9.64 Å². The van der Waals surface area contributed by atoms with Crippen LogP contribution < -0.4 is 4.72 Å². The first kappa shape index (κ1) is 13.9. The Balaban J connectivity index is 2.18. The highest BCUT2D eigenvalue weighted by Crippen LogP contribution is 2.11. The molecule has 0 aromatic rings. The monoisotopic (exact) mass is 250 g/mol. The largest absolute Gasteiger partial charge is 0.385 e. The van der Waals surface area contributed by atoms with Gasteiger partial charge in [0.25, 0.3) is 0 Å². The number of rotatable bonds is 6. The van der Waals surface area contributed by atoms with Crippen molar-refractivity contribution >= 4 is 10.0 Å². The van der Waals surface area contributed by atoms with Crippen molar-refractivity contribution in [3.63, 3.8) is 0 Å². The molecule has 16 heavy (non-hydrogen) atoms. The number of hydrogen-bond donors (Lipinski definition) is 1. The average Bonchev–Trinajstić information content (AvgIpc) is 2.19. The molecule has 0 spiro atoms. The van der Waals surface area contributed by atoms with E-state index in [-0.39, 0.29) is 6.04 Å². The van der Waals surface area contributed by atoms with Crippen LogP contribution >= 0.6 is 0 Å². The third-order valence-corrected chi connectivity index (χ3v) is 3.55. The first-order chi connectivity index (χ1) is 7.51. The minimum absolute atomic E-state index is 0.119. The predicted octanol–water partition coefficient (Wildman–Crippen LogP) is 0.0365. The van der Waals surface area contributed by atoms with Crippen molar-refractivity contribution in [3.8, 4) is 0 Å².